The van der Waals surface area contributed by atoms with Gasteiger partial charge in [0.05, 0.1) is 19.3 Å². The number of morpholine rings is 1. The minimum atomic E-state index is 0.227. The molecular formula is C13H24N4O. The predicted molar refractivity (Wildman–Crippen MR) is 71.6 cm³/mol. The Labute approximate surface area is 109 Å². The number of nitrogens with two attached hydrogens (primary N) is 1. The molecule has 102 valence electrons. The van der Waals surface area contributed by atoms with Crippen LogP contribution < -0.4 is 5.73 Å². The fourth-order valence-electron chi connectivity index (χ4n) is 2.58. The highest BCUT2D eigenvalue weighted by atomic mass is 16.5. The normalized spacial score (nSPS) is 30.5. The molecule has 1 unspecified atom stereocenters. The molecule has 3 rings (SSSR count). The van der Waals surface area contributed by atoms with E-state index in [0.29, 0.717) is 18.5 Å². The Morgan fingerprint density at radius 1 is 1.39 bits per heavy atom. The summed E-state index contributed by atoms with van der Waals surface area (Å²) < 4.78 is 5.77. The largest absolute Gasteiger partial charge is 0.374 e. The molecule has 3 aliphatic rings. The van der Waals surface area contributed by atoms with Crippen molar-refractivity contribution in [1.29, 1.82) is 0 Å². The highest BCUT2D eigenvalue weighted by Gasteiger charge is 2.33. The number of ether oxygens (including phenoxy) is 1. The predicted octanol–water partition coefficient (Wildman–Crippen LogP) is 0.258. The van der Waals surface area contributed by atoms with Crippen LogP contribution in [0.2, 0.25) is 0 Å². The summed E-state index contributed by atoms with van der Waals surface area (Å²) in [6.07, 6.45) is 5.46. The van der Waals surface area contributed by atoms with Gasteiger partial charge in [-0.15, -0.1) is 0 Å². The first kappa shape index (κ1) is 12.2. The van der Waals surface area contributed by atoms with Gasteiger partial charge < -0.3 is 15.4 Å². The van der Waals surface area contributed by atoms with Crippen LogP contribution in [0, 0.1) is 0 Å². The molecule has 2 saturated carbocycles. The van der Waals surface area contributed by atoms with Crippen molar-refractivity contribution < 1.29 is 4.74 Å². The lowest BCUT2D eigenvalue weighted by molar-refractivity contribution is -0.0259. The van der Waals surface area contributed by atoms with E-state index in [1.54, 1.807) is 0 Å². The van der Waals surface area contributed by atoms with E-state index in [2.05, 4.69) is 14.8 Å². The quantitative estimate of drug-likeness (QED) is 0.576. The summed E-state index contributed by atoms with van der Waals surface area (Å²) in [6.45, 7) is 3.65. The first-order valence-electron chi connectivity index (χ1n) is 7.12. The summed E-state index contributed by atoms with van der Waals surface area (Å²) >= 11 is 0. The molecule has 3 fully saturated rings. The molecule has 1 heterocycles. The van der Waals surface area contributed by atoms with Crippen LogP contribution in [0.25, 0.3) is 0 Å². The molecular weight excluding hydrogens is 228 g/mol. The van der Waals surface area contributed by atoms with Gasteiger partial charge in [-0.25, -0.2) is 0 Å². The Hall–Kier alpha value is -0.810. The van der Waals surface area contributed by atoms with Crippen LogP contribution >= 0.6 is 0 Å². The molecule has 5 heteroatoms. The number of aliphatic imine (C=N–C) groups is 1. The average Bonchev–Trinajstić information content (AvgIpc) is 3.28. The van der Waals surface area contributed by atoms with Gasteiger partial charge in [0.15, 0.2) is 5.96 Å². The molecule has 2 N–H and O–H groups in total. The first-order valence-corrected chi connectivity index (χ1v) is 7.12. The van der Waals surface area contributed by atoms with Crippen LogP contribution in [0.3, 0.4) is 0 Å². The van der Waals surface area contributed by atoms with Crippen molar-refractivity contribution in [1.82, 2.24) is 9.80 Å². The summed E-state index contributed by atoms with van der Waals surface area (Å²) in [4.78, 5) is 9.14. The van der Waals surface area contributed by atoms with Crippen LogP contribution in [-0.4, -0.2) is 67.2 Å². The molecule has 1 saturated heterocycles. The van der Waals surface area contributed by atoms with Crippen LogP contribution in [0.5, 0.6) is 0 Å². The van der Waals surface area contributed by atoms with E-state index in [0.717, 1.165) is 25.7 Å². The second-order valence-corrected chi connectivity index (χ2v) is 5.76. The van der Waals surface area contributed by atoms with Crippen molar-refractivity contribution in [3.8, 4) is 0 Å². The lowest BCUT2D eigenvalue weighted by atomic mass is 10.2. The van der Waals surface area contributed by atoms with Crippen molar-refractivity contribution in [2.24, 2.45) is 10.7 Å². The van der Waals surface area contributed by atoms with Gasteiger partial charge in [-0.2, -0.15) is 0 Å². The summed E-state index contributed by atoms with van der Waals surface area (Å²) in [5, 5.41) is 0. The monoisotopic (exact) mass is 252 g/mol. The van der Waals surface area contributed by atoms with Gasteiger partial charge in [0.1, 0.15) is 0 Å². The van der Waals surface area contributed by atoms with Crippen molar-refractivity contribution in [2.75, 3.05) is 33.3 Å². The van der Waals surface area contributed by atoms with Gasteiger partial charge in [-0.1, -0.05) is 0 Å². The SMILES string of the molecule is CN(C(N)=NCC1CN(C2CC2)CCO1)C1CC1. The Morgan fingerprint density at radius 2 is 2.17 bits per heavy atom. The fraction of sp³-hybridized carbons (Fsp3) is 0.923. The van der Waals surface area contributed by atoms with Gasteiger partial charge in [0.25, 0.3) is 0 Å². The third-order valence-electron chi connectivity index (χ3n) is 4.15. The van der Waals surface area contributed by atoms with Crippen LogP contribution in [-0.2, 0) is 4.74 Å². The van der Waals surface area contributed by atoms with E-state index in [-0.39, 0.29) is 6.10 Å². The van der Waals surface area contributed by atoms with Crippen molar-refractivity contribution in [3.63, 3.8) is 0 Å². The number of rotatable bonds is 4. The van der Waals surface area contributed by atoms with Crippen LogP contribution in [0.4, 0.5) is 0 Å². The van der Waals surface area contributed by atoms with Crippen molar-refractivity contribution >= 4 is 5.96 Å². The number of hydrogen-bond acceptors (Lipinski definition) is 3. The van der Waals surface area contributed by atoms with E-state index in [1.165, 1.54) is 25.7 Å². The Balaban J connectivity index is 1.47. The molecule has 5 nitrogen and oxygen atoms in total. The number of guanidine groups is 1. The minimum absolute atomic E-state index is 0.227. The highest BCUT2D eigenvalue weighted by Crippen LogP contribution is 2.28. The average molecular weight is 252 g/mol. The fourth-order valence-corrected chi connectivity index (χ4v) is 2.58. The van der Waals surface area contributed by atoms with Gasteiger partial charge >= 0.3 is 0 Å². The molecule has 2 aliphatic carbocycles. The molecule has 18 heavy (non-hydrogen) atoms. The lowest BCUT2D eigenvalue weighted by Crippen LogP contribution is -2.45. The van der Waals surface area contributed by atoms with E-state index in [9.17, 15) is 0 Å². The maximum atomic E-state index is 5.99. The van der Waals surface area contributed by atoms with Gasteiger partial charge in [0, 0.05) is 32.2 Å². The second kappa shape index (κ2) is 5.05. The zero-order valence-corrected chi connectivity index (χ0v) is 11.2. The third-order valence-corrected chi connectivity index (χ3v) is 4.15. The smallest absolute Gasteiger partial charge is 0.191 e. The molecule has 0 amide bonds. The Morgan fingerprint density at radius 3 is 2.83 bits per heavy atom. The zero-order valence-electron chi connectivity index (χ0n) is 11.2. The molecule has 0 aromatic heterocycles. The molecule has 0 spiro atoms. The van der Waals surface area contributed by atoms with Crippen LogP contribution in [0.1, 0.15) is 25.7 Å². The van der Waals surface area contributed by atoms with Gasteiger partial charge in [-0.05, 0) is 25.7 Å². The number of hydrogen-bond donors (Lipinski definition) is 1. The van der Waals surface area contributed by atoms with E-state index >= 15 is 0 Å². The topological polar surface area (TPSA) is 54.1 Å². The van der Waals surface area contributed by atoms with Gasteiger partial charge in [0.2, 0.25) is 0 Å². The molecule has 0 aromatic carbocycles. The molecule has 0 radical (unpaired) electrons. The third kappa shape index (κ3) is 2.95. The molecule has 0 aromatic rings. The van der Waals surface area contributed by atoms with Crippen LogP contribution in [0.15, 0.2) is 4.99 Å². The summed E-state index contributed by atoms with van der Waals surface area (Å²) in [5.41, 5.74) is 5.99. The summed E-state index contributed by atoms with van der Waals surface area (Å²) in [5.74, 6) is 0.671. The molecule has 0 bridgehead atoms. The Bertz CT molecular complexity index is 325. The van der Waals surface area contributed by atoms with Crippen molar-refractivity contribution in [2.45, 2.75) is 43.9 Å². The van der Waals surface area contributed by atoms with E-state index in [1.807, 2.05) is 7.05 Å². The highest BCUT2D eigenvalue weighted by molar-refractivity contribution is 5.78. The standard InChI is InChI=1S/C13H24N4O/c1-16(10-2-3-10)13(14)15-8-12-9-17(6-7-18-12)11-4-5-11/h10-12H,2-9H2,1H3,(H2,14,15). The summed E-state index contributed by atoms with van der Waals surface area (Å²) in [6, 6.07) is 1.45. The van der Waals surface area contributed by atoms with E-state index < -0.39 is 0 Å². The molecule has 1 atom stereocenters. The van der Waals surface area contributed by atoms with Crippen molar-refractivity contribution in [3.05, 3.63) is 0 Å². The Kier molecular flexibility index (Phi) is 3.43. The van der Waals surface area contributed by atoms with Gasteiger partial charge in [-0.3, -0.25) is 9.89 Å². The maximum Gasteiger partial charge on any atom is 0.191 e. The lowest BCUT2D eigenvalue weighted by Gasteiger charge is -2.32. The number of nitrogens with zero attached hydrogens (tertiary/aromatic N) is 3. The first-order chi connectivity index (χ1) is 8.74. The van der Waals surface area contributed by atoms with E-state index in [4.69, 9.17) is 10.5 Å². The summed E-state index contributed by atoms with van der Waals surface area (Å²) in [7, 11) is 2.04. The molecule has 1 aliphatic heterocycles. The minimum Gasteiger partial charge on any atom is -0.374 e. The second-order valence-electron chi connectivity index (χ2n) is 5.76. The maximum absolute atomic E-state index is 5.99. The zero-order chi connectivity index (χ0) is 12.5.